The van der Waals surface area contributed by atoms with Crippen molar-refractivity contribution in [2.45, 2.75) is 84.3 Å². The van der Waals surface area contributed by atoms with Crippen LogP contribution in [0.1, 0.15) is 71.4 Å². The zero-order valence-electron chi connectivity index (χ0n) is 17.4. The van der Waals surface area contributed by atoms with Crippen LogP contribution in [0.4, 0.5) is 0 Å². The molecule has 2 fully saturated rings. The first-order valence-electron chi connectivity index (χ1n) is 10.5. The van der Waals surface area contributed by atoms with Crippen LogP contribution in [0.5, 0.6) is 0 Å². The second-order valence-electron chi connectivity index (χ2n) is 9.34. The Balaban J connectivity index is 1.75. The first kappa shape index (κ1) is 20.0. The van der Waals surface area contributed by atoms with Crippen molar-refractivity contribution >= 4 is 11.8 Å². The summed E-state index contributed by atoms with van der Waals surface area (Å²) in [6.07, 6.45) is 9.77. The van der Waals surface area contributed by atoms with E-state index in [1.807, 2.05) is 49.9 Å². The zero-order valence-corrected chi connectivity index (χ0v) is 17.4. The van der Waals surface area contributed by atoms with Crippen molar-refractivity contribution in [2.75, 3.05) is 6.54 Å². The number of carbonyl (C=O) groups excluding carboxylic acids is 2. The third kappa shape index (κ3) is 4.94. The molecule has 1 aromatic rings. The van der Waals surface area contributed by atoms with Crippen LogP contribution in [0.25, 0.3) is 0 Å². The van der Waals surface area contributed by atoms with Gasteiger partial charge in [-0.25, -0.2) is 0 Å². The van der Waals surface area contributed by atoms with E-state index >= 15 is 0 Å². The van der Waals surface area contributed by atoms with Crippen molar-refractivity contribution in [3.8, 4) is 0 Å². The van der Waals surface area contributed by atoms with Crippen molar-refractivity contribution in [3.63, 3.8) is 0 Å². The zero-order chi connectivity index (χ0) is 19.6. The molecule has 2 aliphatic carbocycles. The fourth-order valence-corrected chi connectivity index (χ4v) is 4.07. The highest BCUT2D eigenvalue weighted by atomic mass is 16.2. The van der Waals surface area contributed by atoms with Gasteiger partial charge in [-0.05, 0) is 37.8 Å². The van der Waals surface area contributed by atoms with Gasteiger partial charge in [-0.1, -0.05) is 40.0 Å². The van der Waals surface area contributed by atoms with Crippen molar-refractivity contribution in [1.29, 1.82) is 0 Å². The fourth-order valence-electron chi connectivity index (χ4n) is 4.07. The van der Waals surface area contributed by atoms with E-state index in [1.54, 1.807) is 0 Å². The Bertz CT molecular complexity index is 663. The van der Waals surface area contributed by atoms with Crippen molar-refractivity contribution in [2.24, 2.45) is 12.5 Å². The maximum absolute atomic E-state index is 13.3. The fraction of sp³-hybridized carbons (Fsp3) is 0.727. The summed E-state index contributed by atoms with van der Waals surface area (Å²) in [5, 5.41) is 0. The summed E-state index contributed by atoms with van der Waals surface area (Å²) in [6, 6.07) is 4.64. The molecule has 0 atom stereocenters. The van der Waals surface area contributed by atoms with E-state index in [1.165, 1.54) is 6.42 Å². The Morgan fingerprint density at radius 1 is 1.04 bits per heavy atom. The SMILES string of the molecule is Cn1cccc1CN(C(=O)CN(C(=O)C(C)(C)C)C1CCCCC1)C1CC1. The summed E-state index contributed by atoms with van der Waals surface area (Å²) in [4.78, 5) is 30.3. The molecule has 0 N–H and O–H groups in total. The van der Waals surface area contributed by atoms with Crippen LogP contribution in [0, 0.1) is 5.41 Å². The van der Waals surface area contributed by atoms with Crippen molar-refractivity contribution in [1.82, 2.24) is 14.4 Å². The lowest BCUT2D eigenvalue weighted by atomic mass is 9.89. The molecule has 3 rings (SSSR count). The highest BCUT2D eigenvalue weighted by Gasteiger charge is 2.38. The first-order chi connectivity index (χ1) is 12.8. The van der Waals surface area contributed by atoms with Gasteiger partial charge in [0.1, 0.15) is 6.54 Å². The molecule has 2 amide bonds. The molecule has 0 saturated heterocycles. The summed E-state index contributed by atoms with van der Waals surface area (Å²) < 4.78 is 2.07. The maximum Gasteiger partial charge on any atom is 0.242 e. The van der Waals surface area contributed by atoms with E-state index in [0.29, 0.717) is 12.6 Å². The molecule has 0 aliphatic heterocycles. The van der Waals surface area contributed by atoms with Crippen LogP contribution in [-0.4, -0.2) is 44.8 Å². The quantitative estimate of drug-likeness (QED) is 0.763. The standard InChI is InChI=1S/C22H35N3O2/c1-22(2,3)21(27)25(17-9-6-5-7-10-17)16-20(26)24(18-12-13-18)15-19-11-8-14-23(19)4/h8,11,14,17-18H,5-7,9-10,12-13,15-16H2,1-4H3. The molecule has 0 unspecified atom stereocenters. The van der Waals surface area contributed by atoms with E-state index in [-0.39, 0.29) is 24.4 Å². The number of rotatable bonds is 6. The van der Waals surface area contributed by atoms with E-state index < -0.39 is 5.41 Å². The minimum absolute atomic E-state index is 0.0990. The maximum atomic E-state index is 13.3. The Morgan fingerprint density at radius 2 is 1.67 bits per heavy atom. The summed E-state index contributed by atoms with van der Waals surface area (Å²) >= 11 is 0. The predicted molar refractivity (Wildman–Crippen MR) is 107 cm³/mol. The number of amides is 2. The van der Waals surface area contributed by atoms with Gasteiger partial charge in [0.25, 0.3) is 0 Å². The number of aromatic nitrogens is 1. The van der Waals surface area contributed by atoms with Gasteiger partial charge in [-0.3, -0.25) is 9.59 Å². The smallest absolute Gasteiger partial charge is 0.242 e. The average Bonchev–Trinajstić information content (AvgIpc) is 3.39. The predicted octanol–water partition coefficient (Wildman–Crippen LogP) is 3.72. The Labute approximate surface area is 163 Å². The molecule has 2 aliphatic rings. The van der Waals surface area contributed by atoms with Crippen LogP contribution in [0.2, 0.25) is 0 Å². The minimum atomic E-state index is -0.458. The lowest BCUT2D eigenvalue weighted by molar-refractivity contribution is -0.149. The molecular formula is C22H35N3O2. The van der Waals surface area contributed by atoms with Crippen molar-refractivity contribution < 1.29 is 9.59 Å². The summed E-state index contributed by atoms with van der Waals surface area (Å²) in [7, 11) is 2.02. The molecule has 150 valence electrons. The Hall–Kier alpha value is -1.78. The topological polar surface area (TPSA) is 45.6 Å². The molecule has 0 bridgehead atoms. The van der Waals surface area contributed by atoms with E-state index in [9.17, 15) is 9.59 Å². The van der Waals surface area contributed by atoms with Gasteiger partial charge in [0.05, 0.1) is 6.54 Å². The monoisotopic (exact) mass is 373 g/mol. The highest BCUT2D eigenvalue weighted by molar-refractivity contribution is 5.88. The molecular weight excluding hydrogens is 338 g/mol. The second-order valence-corrected chi connectivity index (χ2v) is 9.34. The van der Waals surface area contributed by atoms with Crippen LogP contribution < -0.4 is 0 Å². The Morgan fingerprint density at radius 3 is 2.19 bits per heavy atom. The summed E-state index contributed by atoms with van der Waals surface area (Å²) in [5.41, 5.74) is 0.682. The van der Waals surface area contributed by atoms with Crippen LogP contribution >= 0.6 is 0 Å². The highest BCUT2D eigenvalue weighted by Crippen LogP contribution is 2.31. The molecule has 5 nitrogen and oxygen atoms in total. The van der Waals surface area contributed by atoms with Gasteiger partial charge < -0.3 is 14.4 Å². The molecule has 0 spiro atoms. The van der Waals surface area contributed by atoms with Crippen LogP contribution in [-0.2, 0) is 23.2 Å². The normalized spacial score (nSPS) is 18.4. The van der Waals surface area contributed by atoms with Gasteiger partial charge in [0, 0.05) is 36.4 Å². The lowest BCUT2D eigenvalue weighted by Gasteiger charge is -2.38. The third-order valence-electron chi connectivity index (χ3n) is 5.92. The molecule has 0 radical (unpaired) electrons. The lowest BCUT2D eigenvalue weighted by Crippen LogP contribution is -2.51. The number of hydrogen-bond acceptors (Lipinski definition) is 2. The molecule has 0 aromatic carbocycles. The van der Waals surface area contributed by atoms with E-state index in [0.717, 1.165) is 44.2 Å². The number of aryl methyl sites for hydroxylation is 1. The van der Waals surface area contributed by atoms with Gasteiger partial charge >= 0.3 is 0 Å². The molecule has 2 saturated carbocycles. The minimum Gasteiger partial charge on any atom is -0.353 e. The average molecular weight is 374 g/mol. The first-order valence-corrected chi connectivity index (χ1v) is 10.5. The molecule has 1 heterocycles. The summed E-state index contributed by atoms with van der Waals surface area (Å²) in [6.45, 7) is 6.73. The number of carbonyl (C=O) groups is 2. The van der Waals surface area contributed by atoms with Gasteiger partial charge in [-0.2, -0.15) is 0 Å². The number of nitrogens with zero attached hydrogens (tertiary/aromatic N) is 3. The van der Waals surface area contributed by atoms with Gasteiger partial charge in [-0.15, -0.1) is 0 Å². The Kier molecular flexibility index (Phi) is 5.97. The summed E-state index contributed by atoms with van der Waals surface area (Å²) in [5.74, 6) is 0.208. The molecule has 5 heteroatoms. The molecule has 1 aromatic heterocycles. The van der Waals surface area contributed by atoms with Crippen LogP contribution in [0.3, 0.4) is 0 Å². The van der Waals surface area contributed by atoms with Crippen LogP contribution in [0.15, 0.2) is 18.3 Å². The van der Waals surface area contributed by atoms with E-state index in [2.05, 4.69) is 10.6 Å². The molecule has 27 heavy (non-hydrogen) atoms. The third-order valence-corrected chi connectivity index (χ3v) is 5.92. The van der Waals surface area contributed by atoms with Gasteiger partial charge in [0.15, 0.2) is 0 Å². The van der Waals surface area contributed by atoms with Gasteiger partial charge in [0.2, 0.25) is 11.8 Å². The second kappa shape index (κ2) is 8.07. The van der Waals surface area contributed by atoms with Crippen molar-refractivity contribution in [3.05, 3.63) is 24.0 Å². The van der Waals surface area contributed by atoms with E-state index in [4.69, 9.17) is 0 Å². The largest absolute Gasteiger partial charge is 0.353 e. The number of hydrogen-bond donors (Lipinski definition) is 0.